The van der Waals surface area contributed by atoms with Crippen LogP contribution in [0.15, 0.2) is 36.7 Å². The van der Waals surface area contributed by atoms with Crippen molar-refractivity contribution in [1.29, 1.82) is 5.26 Å². The van der Waals surface area contributed by atoms with Crippen LogP contribution < -0.4 is 10.2 Å². The molecule has 0 radical (unpaired) electrons. The van der Waals surface area contributed by atoms with Crippen molar-refractivity contribution in [2.75, 3.05) is 17.3 Å². The van der Waals surface area contributed by atoms with E-state index in [1.807, 2.05) is 24.4 Å². The normalized spacial score (nSPS) is 10.2. The van der Waals surface area contributed by atoms with E-state index >= 15 is 0 Å². The van der Waals surface area contributed by atoms with Gasteiger partial charge < -0.3 is 5.32 Å². The molecule has 0 saturated carbocycles. The molecule has 0 atom stereocenters. The summed E-state index contributed by atoms with van der Waals surface area (Å²) in [5, 5.41) is 12.2. The summed E-state index contributed by atoms with van der Waals surface area (Å²) < 4.78 is 0. The highest BCUT2D eigenvalue weighted by atomic mass is 15.2. The second-order valence-corrected chi connectivity index (χ2v) is 4.79. The first kappa shape index (κ1) is 13.8. The summed E-state index contributed by atoms with van der Waals surface area (Å²) in [5.41, 5.74) is 2.24. The molecule has 0 aliphatic rings. The quantitative estimate of drug-likeness (QED) is 0.680. The van der Waals surface area contributed by atoms with E-state index in [0.717, 1.165) is 5.69 Å². The summed E-state index contributed by atoms with van der Waals surface area (Å²) in [4.78, 5) is 9.65. The fourth-order valence-corrected chi connectivity index (χ4v) is 1.90. The molecule has 0 bridgehead atoms. The Morgan fingerprint density at radius 1 is 1.25 bits per heavy atom. The minimum atomic E-state index is 0.418. The van der Waals surface area contributed by atoms with Crippen molar-refractivity contribution in [2.45, 2.75) is 19.8 Å². The highest BCUT2D eigenvalue weighted by molar-refractivity contribution is 5.63. The third kappa shape index (κ3) is 3.04. The monoisotopic (exact) mass is 267 g/mol. The summed E-state index contributed by atoms with van der Waals surface area (Å²) in [6.45, 7) is 4.30. The first-order chi connectivity index (χ1) is 9.61. The lowest BCUT2D eigenvalue weighted by Crippen LogP contribution is -2.10. The number of nitriles is 1. The van der Waals surface area contributed by atoms with Crippen LogP contribution in [0.3, 0.4) is 0 Å². The lowest BCUT2D eigenvalue weighted by molar-refractivity contribution is 0.869. The molecule has 0 aliphatic carbocycles. The lowest BCUT2D eigenvalue weighted by Gasteiger charge is -2.15. The average molecular weight is 267 g/mol. The van der Waals surface area contributed by atoms with E-state index in [2.05, 4.69) is 35.2 Å². The predicted molar refractivity (Wildman–Crippen MR) is 79.9 cm³/mol. The number of nitrogens with one attached hydrogen (secondary N) is 1. The third-order valence-electron chi connectivity index (χ3n) is 2.99. The van der Waals surface area contributed by atoms with Crippen LogP contribution in [0.1, 0.15) is 25.3 Å². The van der Waals surface area contributed by atoms with E-state index in [1.54, 1.807) is 13.1 Å². The molecule has 1 aromatic heterocycles. The Morgan fingerprint density at radius 3 is 2.70 bits per heavy atom. The molecule has 5 heteroatoms. The van der Waals surface area contributed by atoms with Gasteiger partial charge in [0.25, 0.3) is 0 Å². The third-order valence-corrected chi connectivity index (χ3v) is 2.99. The van der Waals surface area contributed by atoms with Crippen LogP contribution in [0.4, 0.5) is 17.3 Å². The Kier molecular flexibility index (Phi) is 4.16. The first-order valence-electron chi connectivity index (χ1n) is 6.43. The summed E-state index contributed by atoms with van der Waals surface area (Å²) in [7, 11) is 1.66. The Morgan fingerprint density at radius 2 is 2.00 bits per heavy atom. The van der Waals surface area contributed by atoms with E-state index in [-0.39, 0.29) is 0 Å². The number of nitrogens with zero attached hydrogens (tertiary/aromatic N) is 4. The molecule has 0 fully saturated rings. The fraction of sp³-hybridized carbons (Fsp3) is 0.267. The Hall–Kier alpha value is -2.61. The minimum Gasteiger partial charge on any atom is -0.340 e. The molecule has 2 aromatic rings. The van der Waals surface area contributed by atoms with Crippen molar-refractivity contribution in [1.82, 2.24) is 9.97 Å². The highest BCUT2D eigenvalue weighted by Gasteiger charge is 2.08. The standard InChI is InChI=1S/C15H17N5/c1-11(2)12-6-4-5-7-13(12)19-14-8-15(18-10-17-14)20(3)9-16/h4-8,10-11H,1-3H3,(H,17,18,19). The van der Waals surface area contributed by atoms with Crippen LogP contribution >= 0.6 is 0 Å². The maximum absolute atomic E-state index is 8.88. The van der Waals surface area contributed by atoms with Gasteiger partial charge in [-0.15, -0.1) is 0 Å². The smallest absolute Gasteiger partial charge is 0.185 e. The van der Waals surface area contributed by atoms with Crippen LogP contribution in [-0.4, -0.2) is 17.0 Å². The van der Waals surface area contributed by atoms with Gasteiger partial charge in [0.15, 0.2) is 6.19 Å². The van der Waals surface area contributed by atoms with Crippen LogP contribution in [0, 0.1) is 11.5 Å². The molecule has 0 spiro atoms. The fourth-order valence-electron chi connectivity index (χ4n) is 1.90. The van der Waals surface area contributed by atoms with Crippen LogP contribution in [0.2, 0.25) is 0 Å². The number of rotatable bonds is 4. The summed E-state index contributed by atoms with van der Waals surface area (Å²) in [6.07, 6.45) is 3.47. The number of aromatic nitrogens is 2. The Bertz CT molecular complexity index is 630. The van der Waals surface area contributed by atoms with Crippen molar-refractivity contribution >= 4 is 17.3 Å². The van der Waals surface area contributed by atoms with Gasteiger partial charge in [-0.05, 0) is 17.5 Å². The summed E-state index contributed by atoms with van der Waals surface area (Å²) in [6, 6.07) is 9.87. The largest absolute Gasteiger partial charge is 0.340 e. The summed E-state index contributed by atoms with van der Waals surface area (Å²) >= 11 is 0. The molecule has 102 valence electrons. The predicted octanol–water partition coefficient (Wildman–Crippen LogP) is 3.26. The van der Waals surface area contributed by atoms with Gasteiger partial charge in [0.05, 0.1) is 0 Å². The van der Waals surface area contributed by atoms with E-state index in [1.165, 1.54) is 16.8 Å². The van der Waals surface area contributed by atoms with Gasteiger partial charge in [-0.2, -0.15) is 5.26 Å². The molecule has 1 heterocycles. The van der Waals surface area contributed by atoms with Crippen LogP contribution in [0.5, 0.6) is 0 Å². The first-order valence-corrected chi connectivity index (χ1v) is 6.43. The van der Waals surface area contributed by atoms with Gasteiger partial charge in [0, 0.05) is 18.8 Å². The highest BCUT2D eigenvalue weighted by Crippen LogP contribution is 2.26. The molecule has 1 N–H and O–H groups in total. The topological polar surface area (TPSA) is 64.8 Å². The molecular formula is C15H17N5. The van der Waals surface area contributed by atoms with Crippen molar-refractivity contribution < 1.29 is 0 Å². The molecule has 0 amide bonds. The van der Waals surface area contributed by atoms with Crippen LogP contribution in [0.25, 0.3) is 0 Å². The van der Waals surface area contributed by atoms with Crippen molar-refractivity contribution in [2.24, 2.45) is 0 Å². The number of hydrogen-bond acceptors (Lipinski definition) is 5. The van der Waals surface area contributed by atoms with Crippen molar-refractivity contribution in [3.8, 4) is 6.19 Å². The maximum Gasteiger partial charge on any atom is 0.185 e. The molecule has 20 heavy (non-hydrogen) atoms. The number of benzene rings is 1. The second kappa shape index (κ2) is 6.02. The van der Waals surface area contributed by atoms with Crippen molar-refractivity contribution in [3.63, 3.8) is 0 Å². The minimum absolute atomic E-state index is 0.418. The zero-order chi connectivity index (χ0) is 14.5. The zero-order valence-corrected chi connectivity index (χ0v) is 11.8. The zero-order valence-electron chi connectivity index (χ0n) is 11.8. The van der Waals surface area contributed by atoms with Gasteiger partial charge >= 0.3 is 0 Å². The number of hydrogen-bond donors (Lipinski definition) is 1. The van der Waals surface area contributed by atoms with Crippen LogP contribution in [-0.2, 0) is 0 Å². The van der Waals surface area contributed by atoms with Gasteiger partial charge in [-0.3, -0.25) is 4.90 Å². The molecule has 2 rings (SSSR count). The van der Waals surface area contributed by atoms with E-state index < -0.39 is 0 Å². The SMILES string of the molecule is CC(C)c1ccccc1Nc1cc(N(C)C#N)ncn1. The summed E-state index contributed by atoms with van der Waals surface area (Å²) in [5.74, 6) is 1.65. The van der Waals surface area contributed by atoms with Gasteiger partial charge in [0.2, 0.25) is 0 Å². The van der Waals surface area contributed by atoms with Crippen molar-refractivity contribution in [3.05, 3.63) is 42.2 Å². The Labute approximate surface area is 118 Å². The molecule has 0 unspecified atom stereocenters. The van der Waals surface area contributed by atoms with Gasteiger partial charge in [-0.1, -0.05) is 32.0 Å². The number of para-hydroxylation sites is 1. The number of anilines is 3. The molecule has 5 nitrogen and oxygen atoms in total. The van der Waals surface area contributed by atoms with E-state index in [0.29, 0.717) is 17.6 Å². The molecule has 1 aromatic carbocycles. The molecule has 0 aliphatic heterocycles. The maximum atomic E-state index is 8.88. The Balaban J connectivity index is 2.29. The second-order valence-electron chi connectivity index (χ2n) is 4.79. The van der Waals surface area contributed by atoms with Gasteiger partial charge in [-0.25, -0.2) is 9.97 Å². The van der Waals surface area contributed by atoms with E-state index in [4.69, 9.17) is 5.26 Å². The van der Waals surface area contributed by atoms with E-state index in [9.17, 15) is 0 Å². The lowest BCUT2D eigenvalue weighted by atomic mass is 10.0. The van der Waals surface area contributed by atoms with Gasteiger partial charge in [0.1, 0.15) is 18.0 Å². The molecular weight excluding hydrogens is 250 g/mol. The molecule has 0 saturated heterocycles. The average Bonchev–Trinajstić information content (AvgIpc) is 2.47.